The lowest BCUT2D eigenvalue weighted by Crippen LogP contribution is -2.13. The Morgan fingerprint density at radius 2 is 1.50 bits per heavy atom. The van der Waals surface area contributed by atoms with E-state index in [1.807, 2.05) is 6.92 Å². The fraction of sp³-hybridized carbons (Fsp3) is 0.818. The zero-order chi connectivity index (χ0) is 12.2. The van der Waals surface area contributed by atoms with Gasteiger partial charge in [-0.25, -0.2) is 0 Å². The van der Waals surface area contributed by atoms with Crippen LogP contribution in [0.25, 0.3) is 0 Å². The first kappa shape index (κ1) is 14.9. The fourth-order valence-electron chi connectivity index (χ4n) is 0.918. The van der Waals surface area contributed by atoms with E-state index in [9.17, 15) is 9.59 Å². The molecule has 0 saturated heterocycles. The molecule has 16 heavy (non-hydrogen) atoms. The first-order chi connectivity index (χ1) is 7.70. The highest BCUT2D eigenvalue weighted by molar-refractivity contribution is 5.77. The quantitative estimate of drug-likeness (QED) is 0.443. The highest BCUT2D eigenvalue weighted by Crippen LogP contribution is 1.97. The maximum Gasteiger partial charge on any atom is 0.306 e. The fourth-order valence-corrected chi connectivity index (χ4v) is 0.918. The molecule has 0 unspecified atom stereocenters. The lowest BCUT2D eigenvalue weighted by Gasteiger charge is -2.04. The molecule has 5 nitrogen and oxygen atoms in total. The minimum absolute atomic E-state index is 0.0642. The molecule has 0 fully saturated rings. The van der Waals surface area contributed by atoms with Crippen LogP contribution < -0.4 is 0 Å². The molecule has 0 heterocycles. The molecule has 0 N–H and O–H groups in total. The summed E-state index contributed by atoms with van der Waals surface area (Å²) in [6, 6.07) is 0. The van der Waals surface area contributed by atoms with Crippen molar-refractivity contribution in [3.8, 4) is 0 Å². The van der Waals surface area contributed by atoms with E-state index < -0.39 is 5.97 Å². The molecule has 0 spiro atoms. The van der Waals surface area contributed by atoms with Gasteiger partial charge in [-0.3, -0.25) is 9.59 Å². The average molecular weight is 232 g/mol. The zero-order valence-electron chi connectivity index (χ0n) is 9.99. The van der Waals surface area contributed by atoms with Crippen molar-refractivity contribution in [2.75, 3.05) is 26.9 Å². The van der Waals surface area contributed by atoms with E-state index >= 15 is 0 Å². The van der Waals surface area contributed by atoms with Gasteiger partial charge in [-0.05, 0) is 6.42 Å². The van der Waals surface area contributed by atoms with Gasteiger partial charge in [0.2, 0.25) is 0 Å². The summed E-state index contributed by atoms with van der Waals surface area (Å²) in [5.74, 6) is -0.748. The smallest absolute Gasteiger partial charge is 0.306 e. The molecule has 0 radical (unpaired) electrons. The summed E-state index contributed by atoms with van der Waals surface area (Å²) < 4.78 is 14.4. The molecule has 0 aliphatic heterocycles. The van der Waals surface area contributed by atoms with E-state index in [1.54, 1.807) is 0 Å². The molecule has 0 aliphatic carbocycles. The van der Waals surface area contributed by atoms with Gasteiger partial charge in [0.1, 0.15) is 6.61 Å². The Balaban J connectivity index is 3.40. The molecule has 0 amide bonds. The van der Waals surface area contributed by atoms with E-state index in [1.165, 1.54) is 7.11 Å². The predicted molar refractivity (Wildman–Crippen MR) is 57.9 cm³/mol. The summed E-state index contributed by atoms with van der Waals surface area (Å²) in [4.78, 5) is 22.2. The van der Waals surface area contributed by atoms with Crippen LogP contribution in [-0.4, -0.2) is 38.9 Å². The Bertz CT molecular complexity index is 181. The van der Waals surface area contributed by atoms with Crippen molar-refractivity contribution in [1.82, 2.24) is 0 Å². The van der Waals surface area contributed by atoms with Gasteiger partial charge in [-0.1, -0.05) is 13.3 Å². The number of carbonyl (C=O) groups is 2. The van der Waals surface area contributed by atoms with E-state index in [0.717, 1.165) is 12.8 Å². The summed E-state index contributed by atoms with van der Waals surface area (Å²) in [7, 11) is 1.53. The summed E-state index contributed by atoms with van der Waals surface area (Å²) in [6.45, 7) is 3.03. The van der Waals surface area contributed by atoms with Crippen LogP contribution in [0.2, 0.25) is 0 Å². The van der Waals surface area contributed by atoms with Crippen molar-refractivity contribution in [3.63, 3.8) is 0 Å². The number of methoxy groups -OCH3 is 1. The number of ether oxygens (including phenoxy) is 3. The van der Waals surface area contributed by atoms with Gasteiger partial charge in [0.05, 0.1) is 26.1 Å². The van der Waals surface area contributed by atoms with Gasteiger partial charge in [0, 0.05) is 7.11 Å². The Morgan fingerprint density at radius 3 is 2.00 bits per heavy atom. The van der Waals surface area contributed by atoms with Crippen LogP contribution in [-0.2, 0) is 23.8 Å². The number of unbranched alkanes of at least 4 members (excludes halogenated alkanes) is 1. The highest BCUT2D eigenvalue weighted by atomic mass is 16.6. The molecule has 5 heteroatoms. The average Bonchev–Trinajstić information content (AvgIpc) is 2.27. The topological polar surface area (TPSA) is 61.8 Å². The molecule has 0 saturated carbocycles. The van der Waals surface area contributed by atoms with Gasteiger partial charge < -0.3 is 14.2 Å². The van der Waals surface area contributed by atoms with Gasteiger partial charge in [-0.2, -0.15) is 0 Å². The van der Waals surface area contributed by atoms with Gasteiger partial charge in [0.15, 0.2) is 0 Å². The molecule has 0 aromatic heterocycles. The molecule has 0 rings (SSSR count). The van der Waals surface area contributed by atoms with Crippen LogP contribution >= 0.6 is 0 Å². The maximum absolute atomic E-state index is 11.1. The van der Waals surface area contributed by atoms with Crippen LogP contribution in [0.1, 0.15) is 32.6 Å². The van der Waals surface area contributed by atoms with Crippen LogP contribution in [0.4, 0.5) is 0 Å². The van der Waals surface area contributed by atoms with E-state index in [-0.39, 0.29) is 25.4 Å². The first-order valence-corrected chi connectivity index (χ1v) is 5.50. The number of esters is 2. The highest BCUT2D eigenvalue weighted by Gasteiger charge is 2.08. The summed E-state index contributed by atoms with van der Waals surface area (Å²) in [6.07, 6.45) is 1.97. The summed E-state index contributed by atoms with van der Waals surface area (Å²) in [5.41, 5.74) is 0. The van der Waals surface area contributed by atoms with Gasteiger partial charge >= 0.3 is 11.9 Å². The van der Waals surface area contributed by atoms with Crippen LogP contribution in [0.3, 0.4) is 0 Å². The number of carbonyl (C=O) groups excluding carboxylic acids is 2. The number of hydrogen-bond donors (Lipinski definition) is 0. The maximum atomic E-state index is 11.1. The largest absolute Gasteiger partial charge is 0.466 e. The molecule has 0 atom stereocenters. The van der Waals surface area contributed by atoms with Crippen LogP contribution in [0, 0.1) is 0 Å². The normalized spacial score (nSPS) is 9.88. The lowest BCUT2D eigenvalue weighted by atomic mass is 10.3. The third-order valence-corrected chi connectivity index (χ3v) is 1.84. The van der Waals surface area contributed by atoms with Crippen molar-refractivity contribution in [2.45, 2.75) is 32.6 Å². The van der Waals surface area contributed by atoms with E-state index in [4.69, 9.17) is 14.2 Å². The third-order valence-electron chi connectivity index (χ3n) is 1.84. The molecular formula is C11H20O5. The van der Waals surface area contributed by atoms with Crippen molar-refractivity contribution in [1.29, 1.82) is 0 Å². The molecule has 0 bridgehead atoms. The van der Waals surface area contributed by atoms with Crippen molar-refractivity contribution in [2.24, 2.45) is 0 Å². The Kier molecular flexibility index (Phi) is 9.70. The predicted octanol–water partition coefficient (Wildman–Crippen LogP) is 1.30. The molecule has 94 valence electrons. The van der Waals surface area contributed by atoms with Crippen molar-refractivity contribution < 1.29 is 23.8 Å². The Hall–Kier alpha value is -1.10. The minimum Gasteiger partial charge on any atom is -0.466 e. The van der Waals surface area contributed by atoms with Crippen LogP contribution in [0.15, 0.2) is 0 Å². The molecular weight excluding hydrogens is 212 g/mol. The van der Waals surface area contributed by atoms with Crippen molar-refractivity contribution >= 4 is 11.9 Å². The summed E-state index contributed by atoms with van der Waals surface area (Å²) in [5, 5.41) is 0. The van der Waals surface area contributed by atoms with Crippen molar-refractivity contribution in [3.05, 3.63) is 0 Å². The Morgan fingerprint density at radius 1 is 0.938 bits per heavy atom. The number of rotatable bonds is 9. The van der Waals surface area contributed by atoms with Crippen LogP contribution in [0.5, 0.6) is 0 Å². The lowest BCUT2D eigenvalue weighted by molar-refractivity contribution is -0.151. The molecule has 0 aliphatic rings. The van der Waals surface area contributed by atoms with Gasteiger partial charge in [0.25, 0.3) is 0 Å². The van der Waals surface area contributed by atoms with E-state index in [2.05, 4.69) is 0 Å². The first-order valence-electron chi connectivity index (χ1n) is 5.50. The second-order valence-corrected chi connectivity index (χ2v) is 3.29. The minimum atomic E-state index is -0.399. The Labute approximate surface area is 96.1 Å². The number of hydrogen-bond acceptors (Lipinski definition) is 5. The SMILES string of the molecule is CCCCOC(=O)CCC(=O)OCCOC. The second kappa shape index (κ2) is 10.4. The van der Waals surface area contributed by atoms with E-state index in [0.29, 0.717) is 13.2 Å². The molecule has 0 aromatic carbocycles. The summed E-state index contributed by atoms with van der Waals surface area (Å²) >= 11 is 0. The standard InChI is InChI=1S/C11H20O5/c1-3-4-7-15-10(12)5-6-11(13)16-9-8-14-2/h3-9H2,1-2H3. The zero-order valence-corrected chi connectivity index (χ0v) is 9.99. The monoisotopic (exact) mass is 232 g/mol. The second-order valence-electron chi connectivity index (χ2n) is 3.29. The van der Waals surface area contributed by atoms with Gasteiger partial charge in [-0.15, -0.1) is 0 Å². The molecule has 0 aromatic rings. The third kappa shape index (κ3) is 9.45.